The highest BCUT2D eigenvalue weighted by atomic mass is 35.5. The number of ketones is 1. The van der Waals surface area contributed by atoms with Crippen molar-refractivity contribution in [3.05, 3.63) is 53.1 Å². The Balaban J connectivity index is 1.48. The molecular formula is C22H28ClN3O2. The first-order valence-electron chi connectivity index (χ1n) is 9.74. The molecule has 2 N–H and O–H groups in total. The molecule has 1 aliphatic heterocycles. The summed E-state index contributed by atoms with van der Waals surface area (Å²) in [4.78, 5) is 17.2. The van der Waals surface area contributed by atoms with E-state index in [9.17, 15) is 4.79 Å². The molecule has 1 heterocycles. The van der Waals surface area contributed by atoms with Crippen LogP contribution in [0.1, 0.15) is 30.6 Å². The number of piperazine rings is 1. The molecule has 1 aliphatic rings. The summed E-state index contributed by atoms with van der Waals surface area (Å²) in [5.74, 6) is 0.740. The standard InChI is InChI=1S/C22H28ClN3O2/c1-16(2)28-22-7-6-17(14-20(22)24)21(27)8-9-25-10-12-26(13-11-25)19-5-3-4-18(23)15-19/h3-7,14-16H,8-13,24H2,1-2H3. The van der Waals surface area contributed by atoms with E-state index in [0.29, 0.717) is 23.4 Å². The third-order valence-corrected chi connectivity index (χ3v) is 5.13. The number of hydrogen-bond acceptors (Lipinski definition) is 5. The molecule has 28 heavy (non-hydrogen) atoms. The molecule has 0 radical (unpaired) electrons. The summed E-state index contributed by atoms with van der Waals surface area (Å²) in [6.45, 7) is 8.39. The van der Waals surface area contributed by atoms with Gasteiger partial charge in [0.05, 0.1) is 11.8 Å². The van der Waals surface area contributed by atoms with Gasteiger partial charge in [0.15, 0.2) is 5.78 Å². The quantitative estimate of drug-likeness (QED) is 0.559. The minimum absolute atomic E-state index is 0.0504. The molecule has 0 saturated carbocycles. The van der Waals surface area contributed by atoms with Crippen molar-refractivity contribution in [2.24, 2.45) is 0 Å². The molecule has 0 amide bonds. The van der Waals surface area contributed by atoms with Crippen molar-refractivity contribution in [3.63, 3.8) is 0 Å². The molecule has 3 rings (SSSR count). The van der Waals surface area contributed by atoms with Crippen LogP contribution < -0.4 is 15.4 Å². The molecule has 1 fully saturated rings. The third-order valence-electron chi connectivity index (χ3n) is 4.90. The zero-order valence-corrected chi connectivity index (χ0v) is 17.3. The first-order chi connectivity index (χ1) is 13.4. The van der Waals surface area contributed by atoms with Crippen molar-refractivity contribution < 1.29 is 9.53 Å². The molecule has 6 heteroatoms. The summed E-state index contributed by atoms with van der Waals surface area (Å²) in [7, 11) is 0. The van der Waals surface area contributed by atoms with Gasteiger partial charge < -0.3 is 15.4 Å². The molecule has 0 atom stereocenters. The van der Waals surface area contributed by atoms with Gasteiger partial charge >= 0.3 is 0 Å². The predicted octanol–water partition coefficient (Wildman–Crippen LogP) is 4.10. The van der Waals surface area contributed by atoms with Crippen LogP contribution in [0, 0.1) is 0 Å². The van der Waals surface area contributed by atoms with Crippen LogP contribution in [0.5, 0.6) is 5.75 Å². The van der Waals surface area contributed by atoms with Crippen LogP contribution in [-0.4, -0.2) is 49.5 Å². The maximum absolute atomic E-state index is 12.5. The van der Waals surface area contributed by atoms with Crippen LogP contribution in [-0.2, 0) is 0 Å². The Morgan fingerprint density at radius 3 is 2.54 bits per heavy atom. The average Bonchev–Trinajstić information content (AvgIpc) is 2.68. The van der Waals surface area contributed by atoms with E-state index in [4.69, 9.17) is 22.1 Å². The second-order valence-corrected chi connectivity index (χ2v) is 7.84. The van der Waals surface area contributed by atoms with E-state index in [1.165, 1.54) is 0 Å². The lowest BCUT2D eigenvalue weighted by Gasteiger charge is -2.36. The summed E-state index contributed by atoms with van der Waals surface area (Å²) < 4.78 is 5.63. The van der Waals surface area contributed by atoms with Gasteiger partial charge in [-0.1, -0.05) is 17.7 Å². The van der Waals surface area contributed by atoms with E-state index in [2.05, 4.69) is 15.9 Å². The summed E-state index contributed by atoms with van der Waals surface area (Å²) >= 11 is 6.09. The molecule has 0 unspecified atom stereocenters. The maximum Gasteiger partial charge on any atom is 0.164 e. The van der Waals surface area contributed by atoms with Crippen molar-refractivity contribution in [1.29, 1.82) is 0 Å². The molecule has 5 nitrogen and oxygen atoms in total. The molecule has 0 bridgehead atoms. The van der Waals surface area contributed by atoms with Gasteiger partial charge in [0, 0.05) is 55.4 Å². The normalized spacial score (nSPS) is 15.1. The summed E-state index contributed by atoms with van der Waals surface area (Å²) in [5.41, 5.74) is 8.33. The average molecular weight is 402 g/mol. The Morgan fingerprint density at radius 2 is 1.89 bits per heavy atom. The molecule has 2 aromatic rings. The predicted molar refractivity (Wildman–Crippen MR) is 116 cm³/mol. The van der Waals surface area contributed by atoms with Gasteiger partial charge in [-0.2, -0.15) is 0 Å². The van der Waals surface area contributed by atoms with Gasteiger partial charge in [0.25, 0.3) is 0 Å². The maximum atomic E-state index is 12.5. The van der Waals surface area contributed by atoms with Crippen LogP contribution in [0.4, 0.5) is 11.4 Å². The summed E-state index contributed by atoms with van der Waals surface area (Å²) in [6, 6.07) is 13.3. The number of nitrogens with zero attached hydrogens (tertiary/aromatic N) is 2. The fraction of sp³-hybridized carbons (Fsp3) is 0.409. The van der Waals surface area contributed by atoms with Crippen molar-refractivity contribution >= 4 is 28.8 Å². The summed E-state index contributed by atoms with van der Waals surface area (Å²) in [6.07, 6.45) is 0.537. The molecule has 150 valence electrons. The van der Waals surface area contributed by atoms with E-state index >= 15 is 0 Å². The van der Waals surface area contributed by atoms with E-state index in [1.54, 1.807) is 18.2 Å². The highest BCUT2D eigenvalue weighted by molar-refractivity contribution is 6.30. The highest BCUT2D eigenvalue weighted by Gasteiger charge is 2.18. The Bertz CT molecular complexity index is 817. The van der Waals surface area contributed by atoms with Crippen molar-refractivity contribution in [3.8, 4) is 5.75 Å². The van der Waals surface area contributed by atoms with Gasteiger partial charge in [0.1, 0.15) is 5.75 Å². The zero-order valence-electron chi connectivity index (χ0n) is 16.5. The lowest BCUT2D eigenvalue weighted by atomic mass is 10.1. The van der Waals surface area contributed by atoms with Gasteiger partial charge in [-0.05, 0) is 50.2 Å². The number of hydrogen-bond donors (Lipinski definition) is 1. The van der Waals surface area contributed by atoms with Gasteiger partial charge in [-0.25, -0.2) is 0 Å². The minimum atomic E-state index is 0.0504. The second-order valence-electron chi connectivity index (χ2n) is 7.40. The van der Waals surface area contributed by atoms with Crippen LogP contribution in [0.15, 0.2) is 42.5 Å². The fourth-order valence-corrected chi connectivity index (χ4v) is 3.57. The molecule has 0 spiro atoms. The van der Waals surface area contributed by atoms with Gasteiger partial charge in [-0.3, -0.25) is 9.69 Å². The fourth-order valence-electron chi connectivity index (χ4n) is 3.39. The number of nitrogens with two attached hydrogens (primary N) is 1. The Kier molecular flexibility index (Phi) is 6.81. The number of ether oxygens (including phenoxy) is 1. The number of nitrogen functional groups attached to an aromatic ring is 1. The van der Waals surface area contributed by atoms with E-state index in [1.807, 2.05) is 32.0 Å². The first kappa shape index (κ1) is 20.5. The number of carbonyl (C=O) groups is 1. The number of anilines is 2. The second kappa shape index (κ2) is 9.30. The Labute approximate surface area is 172 Å². The molecule has 0 aliphatic carbocycles. The Morgan fingerprint density at radius 1 is 1.14 bits per heavy atom. The molecule has 1 saturated heterocycles. The first-order valence-corrected chi connectivity index (χ1v) is 10.1. The lowest BCUT2D eigenvalue weighted by molar-refractivity contribution is 0.0962. The number of Topliss-reactive ketones (excluding diaryl/α,β-unsaturated/α-hetero) is 1. The third kappa shape index (κ3) is 5.40. The van der Waals surface area contributed by atoms with Crippen LogP contribution in [0.2, 0.25) is 5.02 Å². The molecular weight excluding hydrogens is 374 g/mol. The number of carbonyl (C=O) groups excluding carboxylic acids is 1. The SMILES string of the molecule is CC(C)Oc1ccc(C(=O)CCN2CCN(c3cccc(Cl)c3)CC2)cc1N. The topological polar surface area (TPSA) is 58.8 Å². The number of halogens is 1. The highest BCUT2D eigenvalue weighted by Crippen LogP contribution is 2.25. The largest absolute Gasteiger partial charge is 0.489 e. The van der Waals surface area contributed by atoms with Crippen LogP contribution in [0.25, 0.3) is 0 Å². The number of rotatable bonds is 7. The van der Waals surface area contributed by atoms with E-state index < -0.39 is 0 Å². The van der Waals surface area contributed by atoms with Gasteiger partial charge in [0.2, 0.25) is 0 Å². The van der Waals surface area contributed by atoms with Crippen LogP contribution in [0.3, 0.4) is 0 Å². The van der Waals surface area contributed by atoms with E-state index in [0.717, 1.165) is 43.4 Å². The zero-order chi connectivity index (χ0) is 20.1. The van der Waals surface area contributed by atoms with Crippen molar-refractivity contribution in [2.45, 2.75) is 26.4 Å². The van der Waals surface area contributed by atoms with Gasteiger partial charge in [-0.15, -0.1) is 0 Å². The summed E-state index contributed by atoms with van der Waals surface area (Å²) in [5, 5.41) is 0.759. The van der Waals surface area contributed by atoms with E-state index in [-0.39, 0.29) is 11.9 Å². The minimum Gasteiger partial charge on any atom is -0.489 e. The van der Waals surface area contributed by atoms with Crippen LogP contribution >= 0.6 is 11.6 Å². The molecule has 2 aromatic carbocycles. The monoisotopic (exact) mass is 401 g/mol. The smallest absolute Gasteiger partial charge is 0.164 e. The van der Waals surface area contributed by atoms with Crippen molar-refractivity contribution in [2.75, 3.05) is 43.4 Å². The number of benzene rings is 2. The lowest BCUT2D eigenvalue weighted by Crippen LogP contribution is -2.46. The molecule has 0 aromatic heterocycles. The Hall–Kier alpha value is -2.24. The van der Waals surface area contributed by atoms with Crippen molar-refractivity contribution in [1.82, 2.24) is 4.90 Å².